The summed E-state index contributed by atoms with van der Waals surface area (Å²) < 4.78 is 2.05. The highest BCUT2D eigenvalue weighted by Gasteiger charge is 2.26. The van der Waals surface area contributed by atoms with Gasteiger partial charge in [-0.25, -0.2) is 9.48 Å². The Morgan fingerprint density at radius 2 is 1.80 bits per heavy atom. The van der Waals surface area contributed by atoms with Crippen LogP contribution in [0.4, 0.5) is 4.79 Å². The third-order valence-electron chi connectivity index (χ3n) is 6.03. The Bertz CT molecular complexity index is 556. The van der Waals surface area contributed by atoms with Crippen molar-refractivity contribution in [2.45, 2.75) is 83.7 Å². The molecule has 6 nitrogen and oxygen atoms in total. The Morgan fingerprint density at radius 1 is 1.12 bits per heavy atom. The average molecular weight is 348 g/mol. The van der Waals surface area contributed by atoms with E-state index in [1.165, 1.54) is 37.8 Å². The van der Waals surface area contributed by atoms with Crippen LogP contribution in [0.2, 0.25) is 0 Å². The van der Waals surface area contributed by atoms with Crippen LogP contribution < -0.4 is 5.32 Å². The van der Waals surface area contributed by atoms with E-state index in [0.29, 0.717) is 17.9 Å². The Hall–Kier alpha value is -1.59. The van der Waals surface area contributed by atoms with Crippen LogP contribution in [0.25, 0.3) is 0 Å². The minimum absolute atomic E-state index is 0.0705. The lowest BCUT2D eigenvalue weighted by molar-refractivity contribution is 0.163. The zero-order chi connectivity index (χ0) is 17.8. The molecule has 0 radical (unpaired) electrons. The fraction of sp³-hybridized carbons (Fsp3) is 0.842. The monoisotopic (exact) mass is 347 g/mol. The summed E-state index contributed by atoms with van der Waals surface area (Å²) in [6, 6.07) is 0.649. The topological polar surface area (TPSA) is 63.1 Å². The van der Waals surface area contributed by atoms with E-state index in [4.69, 9.17) is 0 Å². The number of piperidine rings is 1. The molecule has 2 aliphatic rings. The minimum atomic E-state index is 0.0705. The number of likely N-dealkylation sites (tertiary alicyclic amines) is 1. The molecule has 2 fully saturated rings. The molecule has 0 bridgehead atoms. The summed E-state index contributed by atoms with van der Waals surface area (Å²) in [7, 11) is 0. The first kappa shape index (κ1) is 18.2. The first-order valence-corrected chi connectivity index (χ1v) is 10.0. The van der Waals surface area contributed by atoms with E-state index in [-0.39, 0.29) is 12.1 Å². The van der Waals surface area contributed by atoms with Crippen LogP contribution in [0.5, 0.6) is 0 Å². The molecule has 1 aromatic heterocycles. The Kier molecular flexibility index (Phi) is 5.97. The highest BCUT2D eigenvalue weighted by atomic mass is 16.2. The second-order valence-corrected chi connectivity index (χ2v) is 8.16. The third-order valence-corrected chi connectivity index (χ3v) is 6.03. The number of hydrogen-bond acceptors (Lipinski definition) is 3. The lowest BCUT2D eigenvalue weighted by Crippen LogP contribution is -2.48. The average Bonchev–Trinajstić information content (AvgIpc) is 3.12. The maximum absolute atomic E-state index is 12.3. The summed E-state index contributed by atoms with van der Waals surface area (Å²) in [5, 5.41) is 12.0. The largest absolute Gasteiger partial charge is 0.335 e. The minimum Gasteiger partial charge on any atom is -0.335 e. The fourth-order valence-electron chi connectivity index (χ4n) is 3.84. The molecule has 0 aromatic carbocycles. The third kappa shape index (κ3) is 4.53. The molecule has 25 heavy (non-hydrogen) atoms. The quantitative estimate of drug-likeness (QED) is 0.903. The summed E-state index contributed by atoms with van der Waals surface area (Å²) in [6.07, 6.45) is 10.6. The van der Waals surface area contributed by atoms with E-state index in [0.717, 1.165) is 25.9 Å². The maximum Gasteiger partial charge on any atom is 0.317 e. The van der Waals surface area contributed by atoms with Crippen molar-refractivity contribution >= 4 is 6.03 Å². The van der Waals surface area contributed by atoms with Gasteiger partial charge in [-0.05, 0) is 38.5 Å². The van der Waals surface area contributed by atoms with E-state index >= 15 is 0 Å². The Balaban J connectivity index is 1.50. The van der Waals surface area contributed by atoms with Crippen molar-refractivity contribution in [2.24, 2.45) is 5.92 Å². The van der Waals surface area contributed by atoms with Gasteiger partial charge in [0, 0.05) is 31.2 Å². The van der Waals surface area contributed by atoms with E-state index in [1.807, 2.05) is 4.90 Å². The van der Waals surface area contributed by atoms with Crippen molar-refractivity contribution < 1.29 is 4.79 Å². The molecule has 3 rings (SSSR count). The maximum atomic E-state index is 12.3. The molecule has 0 unspecified atom stereocenters. The van der Waals surface area contributed by atoms with E-state index < -0.39 is 0 Å². The van der Waals surface area contributed by atoms with Gasteiger partial charge < -0.3 is 10.2 Å². The molecular formula is C19H33N5O. The van der Waals surface area contributed by atoms with Crippen LogP contribution in [-0.4, -0.2) is 45.1 Å². The summed E-state index contributed by atoms with van der Waals surface area (Å²) in [4.78, 5) is 14.3. The van der Waals surface area contributed by atoms with Crippen molar-refractivity contribution in [3.63, 3.8) is 0 Å². The predicted octanol–water partition coefficient (Wildman–Crippen LogP) is 3.72. The summed E-state index contributed by atoms with van der Waals surface area (Å²) >= 11 is 0. The molecule has 0 spiro atoms. The number of aromatic nitrogens is 3. The molecule has 1 aliphatic heterocycles. The molecule has 1 N–H and O–H groups in total. The summed E-state index contributed by atoms with van der Waals surface area (Å²) in [5.74, 6) is 1.06. The van der Waals surface area contributed by atoms with Gasteiger partial charge in [-0.15, -0.1) is 5.10 Å². The van der Waals surface area contributed by atoms with Crippen molar-refractivity contribution in [3.05, 3.63) is 11.9 Å². The van der Waals surface area contributed by atoms with Crippen LogP contribution in [0, 0.1) is 5.92 Å². The van der Waals surface area contributed by atoms with Gasteiger partial charge in [-0.1, -0.05) is 38.3 Å². The summed E-state index contributed by atoms with van der Waals surface area (Å²) in [5.41, 5.74) is 1.17. The molecule has 2 heterocycles. The smallest absolute Gasteiger partial charge is 0.317 e. The van der Waals surface area contributed by atoms with Gasteiger partial charge in [0.15, 0.2) is 0 Å². The van der Waals surface area contributed by atoms with Gasteiger partial charge in [-0.2, -0.15) is 0 Å². The van der Waals surface area contributed by atoms with Crippen molar-refractivity contribution in [1.82, 2.24) is 25.2 Å². The molecule has 6 heteroatoms. The van der Waals surface area contributed by atoms with E-state index in [1.54, 1.807) is 0 Å². The van der Waals surface area contributed by atoms with Gasteiger partial charge in [0.1, 0.15) is 0 Å². The highest BCUT2D eigenvalue weighted by molar-refractivity contribution is 5.74. The number of carbonyl (C=O) groups is 1. The lowest BCUT2D eigenvalue weighted by atomic mass is 9.87. The second-order valence-electron chi connectivity index (χ2n) is 8.16. The van der Waals surface area contributed by atoms with Crippen molar-refractivity contribution in [3.8, 4) is 0 Å². The second kappa shape index (κ2) is 8.19. The molecule has 1 saturated heterocycles. The van der Waals surface area contributed by atoms with Gasteiger partial charge in [0.05, 0.1) is 11.7 Å². The lowest BCUT2D eigenvalue weighted by Gasteiger charge is -2.33. The molecule has 2 amide bonds. The number of rotatable bonds is 4. The van der Waals surface area contributed by atoms with Gasteiger partial charge in [0.25, 0.3) is 0 Å². The molecule has 1 atom stereocenters. The van der Waals surface area contributed by atoms with Crippen molar-refractivity contribution in [2.75, 3.05) is 13.1 Å². The predicted molar refractivity (Wildman–Crippen MR) is 98.5 cm³/mol. The first-order valence-electron chi connectivity index (χ1n) is 10.0. The molecule has 1 aromatic rings. The fourth-order valence-corrected chi connectivity index (χ4v) is 3.84. The van der Waals surface area contributed by atoms with Gasteiger partial charge in [-0.3, -0.25) is 0 Å². The highest BCUT2D eigenvalue weighted by Crippen LogP contribution is 2.32. The van der Waals surface area contributed by atoms with Crippen molar-refractivity contribution in [1.29, 1.82) is 0 Å². The van der Waals surface area contributed by atoms with Crippen LogP contribution in [0.15, 0.2) is 6.20 Å². The molecule has 1 saturated carbocycles. The van der Waals surface area contributed by atoms with Crippen LogP contribution >= 0.6 is 0 Å². The number of nitrogens with zero attached hydrogens (tertiary/aromatic N) is 4. The van der Waals surface area contributed by atoms with Gasteiger partial charge >= 0.3 is 6.03 Å². The number of amides is 2. The van der Waals surface area contributed by atoms with Crippen LogP contribution in [-0.2, 0) is 0 Å². The van der Waals surface area contributed by atoms with Crippen LogP contribution in [0.3, 0.4) is 0 Å². The molecular weight excluding hydrogens is 314 g/mol. The van der Waals surface area contributed by atoms with E-state index in [9.17, 15) is 4.79 Å². The number of nitrogens with one attached hydrogen (secondary N) is 1. The summed E-state index contributed by atoms with van der Waals surface area (Å²) in [6.45, 7) is 7.91. The normalized spacial score (nSPS) is 21.5. The zero-order valence-electron chi connectivity index (χ0n) is 15.9. The van der Waals surface area contributed by atoms with E-state index in [2.05, 4.69) is 47.3 Å². The van der Waals surface area contributed by atoms with Gasteiger partial charge in [0.2, 0.25) is 0 Å². The Morgan fingerprint density at radius 3 is 2.44 bits per heavy atom. The number of carbonyl (C=O) groups excluding carboxylic acids is 1. The standard InChI is InChI=1S/C19H33N5O/c1-14(2)15(3)20-19(25)23-11-9-17(10-12-23)24-13-18(21-22-24)16-7-5-4-6-8-16/h13-17H,4-12H2,1-3H3,(H,20,25)/t15-/m1/s1. The Labute approximate surface area is 151 Å². The molecule has 1 aliphatic carbocycles. The molecule has 140 valence electrons. The number of hydrogen-bond donors (Lipinski definition) is 1. The first-order chi connectivity index (χ1) is 12.0. The SMILES string of the molecule is CC(C)[C@@H](C)NC(=O)N1CCC(n2cc(C3CCCCC3)nn2)CC1. The van der Waals surface area contributed by atoms with Crippen LogP contribution in [0.1, 0.15) is 83.4 Å². The zero-order valence-corrected chi connectivity index (χ0v) is 15.9. The number of urea groups is 1.